The number of hydrogen-bond acceptors (Lipinski definition) is 4. The van der Waals surface area contributed by atoms with E-state index in [0.29, 0.717) is 11.1 Å². The summed E-state index contributed by atoms with van der Waals surface area (Å²) in [5.74, 6) is 0. The number of carbonyl (C=O) groups is 1. The van der Waals surface area contributed by atoms with Crippen LogP contribution in [0.1, 0.15) is 31.9 Å². The highest BCUT2D eigenvalue weighted by Gasteiger charge is 2.15. The molecular formula is C15H20N2O4. The number of amides is 1. The van der Waals surface area contributed by atoms with Gasteiger partial charge in [0.2, 0.25) is 0 Å². The van der Waals surface area contributed by atoms with Crippen molar-refractivity contribution in [1.29, 1.82) is 0 Å². The van der Waals surface area contributed by atoms with Crippen molar-refractivity contribution < 1.29 is 14.5 Å². The molecule has 1 aromatic rings. The van der Waals surface area contributed by atoms with Crippen LogP contribution in [0.25, 0.3) is 6.08 Å². The van der Waals surface area contributed by atoms with Crippen molar-refractivity contribution in [2.45, 2.75) is 33.3 Å². The summed E-state index contributed by atoms with van der Waals surface area (Å²) in [7, 11) is 0. The van der Waals surface area contributed by atoms with Gasteiger partial charge in [0.1, 0.15) is 5.60 Å². The maximum absolute atomic E-state index is 11.4. The average Bonchev–Trinajstić information content (AvgIpc) is 2.34. The van der Waals surface area contributed by atoms with E-state index < -0.39 is 16.6 Å². The minimum atomic E-state index is -0.536. The molecule has 6 heteroatoms. The first kappa shape index (κ1) is 16.7. The van der Waals surface area contributed by atoms with Crippen LogP contribution in [-0.2, 0) is 4.74 Å². The Balaban J connectivity index is 2.56. The van der Waals surface area contributed by atoms with Crippen molar-refractivity contribution in [3.8, 4) is 0 Å². The first-order valence-electron chi connectivity index (χ1n) is 6.57. The highest BCUT2D eigenvalue weighted by molar-refractivity contribution is 5.68. The van der Waals surface area contributed by atoms with Crippen LogP contribution < -0.4 is 5.32 Å². The third-order valence-corrected chi connectivity index (χ3v) is 2.50. The lowest BCUT2D eigenvalue weighted by molar-refractivity contribution is -0.385. The minimum absolute atomic E-state index is 0.0808. The summed E-state index contributed by atoms with van der Waals surface area (Å²) < 4.78 is 5.08. The Bertz CT molecular complexity index is 559. The molecule has 1 N–H and O–H groups in total. The molecule has 0 aliphatic rings. The fourth-order valence-electron chi connectivity index (χ4n) is 1.58. The predicted molar refractivity (Wildman–Crippen MR) is 81.1 cm³/mol. The van der Waals surface area contributed by atoms with Crippen LogP contribution in [0.15, 0.2) is 24.3 Å². The molecule has 0 fully saturated rings. The van der Waals surface area contributed by atoms with Crippen LogP contribution >= 0.6 is 0 Å². The Morgan fingerprint density at radius 3 is 2.67 bits per heavy atom. The van der Waals surface area contributed by atoms with Crippen LogP contribution in [0.5, 0.6) is 0 Å². The Morgan fingerprint density at radius 1 is 1.43 bits per heavy atom. The van der Waals surface area contributed by atoms with E-state index in [1.54, 1.807) is 52.0 Å². The summed E-state index contributed by atoms with van der Waals surface area (Å²) in [6.07, 6.45) is 2.92. The lowest BCUT2D eigenvalue weighted by Crippen LogP contribution is -2.32. The van der Waals surface area contributed by atoms with Crippen molar-refractivity contribution in [3.05, 3.63) is 45.5 Å². The van der Waals surface area contributed by atoms with Crippen molar-refractivity contribution in [2.75, 3.05) is 6.54 Å². The van der Waals surface area contributed by atoms with Crippen molar-refractivity contribution in [3.63, 3.8) is 0 Å². The van der Waals surface area contributed by atoms with Gasteiger partial charge in [0, 0.05) is 18.2 Å². The smallest absolute Gasteiger partial charge is 0.407 e. The Hall–Kier alpha value is -2.37. The average molecular weight is 292 g/mol. The van der Waals surface area contributed by atoms with E-state index in [9.17, 15) is 14.9 Å². The first-order valence-corrected chi connectivity index (χ1v) is 6.57. The number of nitrogens with one attached hydrogen (secondary N) is 1. The van der Waals surface area contributed by atoms with Crippen molar-refractivity contribution >= 4 is 17.9 Å². The largest absolute Gasteiger partial charge is 0.444 e. The maximum Gasteiger partial charge on any atom is 0.407 e. The summed E-state index contributed by atoms with van der Waals surface area (Å²) >= 11 is 0. The summed E-state index contributed by atoms with van der Waals surface area (Å²) in [4.78, 5) is 21.8. The monoisotopic (exact) mass is 292 g/mol. The molecule has 6 nitrogen and oxygen atoms in total. The summed E-state index contributed by atoms with van der Waals surface area (Å²) in [6.45, 7) is 7.34. The second kappa shape index (κ2) is 6.88. The van der Waals surface area contributed by atoms with Gasteiger partial charge in [-0.3, -0.25) is 10.1 Å². The third-order valence-electron chi connectivity index (χ3n) is 2.50. The molecule has 0 saturated heterocycles. The van der Waals surface area contributed by atoms with Crippen LogP contribution in [0.2, 0.25) is 0 Å². The molecule has 1 amide bonds. The lowest BCUT2D eigenvalue weighted by Gasteiger charge is -2.19. The van der Waals surface area contributed by atoms with E-state index in [4.69, 9.17) is 4.74 Å². The molecule has 114 valence electrons. The summed E-state index contributed by atoms with van der Waals surface area (Å²) in [5, 5.41) is 13.4. The number of hydrogen-bond donors (Lipinski definition) is 1. The molecule has 0 unspecified atom stereocenters. The van der Waals surface area contributed by atoms with Crippen molar-refractivity contribution in [2.24, 2.45) is 0 Å². The number of benzene rings is 1. The van der Waals surface area contributed by atoms with Gasteiger partial charge in [0.15, 0.2) is 0 Å². The van der Waals surface area contributed by atoms with Gasteiger partial charge in [-0.1, -0.05) is 24.3 Å². The van der Waals surface area contributed by atoms with Gasteiger partial charge in [-0.2, -0.15) is 0 Å². The van der Waals surface area contributed by atoms with E-state index in [1.807, 2.05) is 0 Å². The predicted octanol–water partition coefficient (Wildman–Crippen LogP) is 3.44. The fourth-order valence-corrected chi connectivity index (χ4v) is 1.58. The number of alkyl carbamates (subject to hydrolysis) is 1. The fraction of sp³-hybridized carbons (Fsp3) is 0.400. The number of rotatable bonds is 4. The van der Waals surface area contributed by atoms with E-state index in [-0.39, 0.29) is 12.2 Å². The van der Waals surface area contributed by atoms with Gasteiger partial charge in [-0.25, -0.2) is 4.79 Å². The Labute approximate surface area is 124 Å². The quantitative estimate of drug-likeness (QED) is 0.680. The topological polar surface area (TPSA) is 81.5 Å². The number of nitrogens with zero attached hydrogens (tertiary/aromatic N) is 1. The minimum Gasteiger partial charge on any atom is -0.444 e. The molecule has 0 spiro atoms. The van der Waals surface area contributed by atoms with Gasteiger partial charge in [-0.05, 0) is 33.3 Å². The Kier molecular flexibility index (Phi) is 5.46. The van der Waals surface area contributed by atoms with Crippen LogP contribution in [0.4, 0.5) is 10.5 Å². The number of aryl methyl sites for hydroxylation is 1. The number of nitro groups is 1. The molecule has 0 aromatic heterocycles. The van der Waals surface area contributed by atoms with Crippen LogP contribution in [-0.4, -0.2) is 23.2 Å². The molecule has 0 bridgehead atoms. The third kappa shape index (κ3) is 6.07. The summed E-state index contributed by atoms with van der Waals surface area (Å²) in [6, 6.07) is 4.98. The highest BCUT2D eigenvalue weighted by atomic mass is 16.6. The second-order valence-electron chi connectivity index (χ2n) is 5.59. The number of nitro benzene ring substituents is 1. The van der Waals surface area contributed by atoms with E-state index >= 15 is 0 Å². The lowest BCUT2D eigenvalue weighted by atomic mass is 10.1. The van der Waals surface area contributed by atoms with Gasteiger partial charge < -0.3 is 10.1 Å². The Morgan fingerprint density at radius 2 is 2.10 bits per heavy atom. The van der Waals surface area contributed by atoms with E-state index in [2.05, 4.69) is 5.32 Å². The van der Waals surface area contributed by atoms with Gasteiger partial charge in [0.25, 0.3) is 5.69 Å². The first-order chi connectivity index (χ1) is 9.69. The normalized spacial score (nSPS) is 11.4. The number of carbonyl (C=O) groups excluding carboxylic acids is 1. The summed E-state index contributed by atoms with van der Waals surface area (Å²) in [5.41, 5.74) is 0.866. The molecule has 0 heterocycles. The molecule has 0 radical (unpaired) electrons. The van der Waals surface area contributed by atoms with Crippen LogP contribution in [0.3, 0.4) is 0 Å². The maximum atomic E-state index is 11.4. The highest BCUT2D eigenvalue weighted by Crippen LogP contribution is 2.19. The zero-order valence-electron chi connectivity index (χ0n) is 12.7. The zero-order chi connectivity index (χ0) is 16.0. The molecule has 0 saturated carbocycles. The number of ether oxygens (including phenoxy) is 1. The molecule has 21 heavy (non-hydrogen) atoms. The molecule has 0 atom stereocenters. The van der Waals surface area contributed by atoms with Gasteiger partial charge in [-0.15, -0.1) is 0 Å². The van der Waals surface area contributed by atoms with E-state index in [0.717, 1.165) is 0 Å². The zero-order valence-corrected chi connectivity index (χ0v) is 12.7. The van der Waals surface area contributed by atoms with Crippen LogP contribution in [0, 0.1) is 17.0 Å². The molecule has 0 aliphatic heterocycles. The van der Waals surface area contributed by atoms with E-state index in [1.165, 1.54) is 6.07 Å². The SMILES string of the molecule is Cc1ccc(C=CCNC(=O)OC(C)(C)C)cc1[N+](=O)[O-]. The van der Waals surface area contributed by atoms with Gasteiger partial charge >= 0.3 is 6.09 Å². The second-order valence-corrected chi connectivity index (χ2v) is 5.59. The molecule has 1 rings (SSSR count). The van der Waals surface area contributed by atoms with Gasteiger partial charge in [0.05, 0.1) is 4.92 Å². The van der Waals surface area contributed by atoms with Crippen molar-refractivity contribution in [1.82, 2.24) is 5.32 Å². The molecule has 0 aliphatic carbocycles. The molecule has 1 aromatic carbocycles. The molecular weight excluding hydrogens is 272 g/mol. The standard InChI is InChI=1S/C15H20N2O4/c1-11-7-8-12(10-13(11)17(19)20)6-5-9-16-14(18)21-15(2,3)4/h5-8,10H,9H2,1-4H3,(H,16,18).